The fourth-order valence-corrected chi connectivity index (χ4v) is 0.975. The van der Waals surface area contributed by atoms with Crippen molar-refractivity contribution < 1.29 is 10.2 Å². The fraction of sp³-hybridized carbons (Fsp3) is 0.625. The number of unbranched alkanes of at least 4 members (excludes halogenated alkanes) is 1. The molecule has 0 radical (unpaired) electrons. The van der Waals surface area contributed by atoms with Crippen LogP contribution in [0.4, 0.5) is 0 Å². The van der Waals surface area contributed by atoms with E-state index in [0.717, 1.165) is 6.54 Å². The first-order chi connectivity index (χ1) is 6.83. The summed E-state index contributed by atoms with van der Waals surface area (Å²) in [7, 11) is 2.04. The maximum atomic E-state index is 3.25. The Labute approximate surface area is 122 Å². The van der Waals surface area contributed by atoms with Crippen molar-refractivity contribution in [2.75, 3.05) is 0 Å². The molecule has 0 saturated heterocycles. The normalized spacial score (nSPS) is 11.9. The van der Waals surface area contributed by atoms with Gasteiger partial charge in [0.15, 0.2) is 0 Å². The van der Waals surface area contributed by atoms with Crippen LogP contribution in [0.2, 0.25) is 0 Å². The van der Waals surface area contributed by atoms with Crippen molar-refractivity contribution in [2.45, 2.75) is 26.3 Å². The number of hydrogen-bond acceptors (Lipinski definition) is 0. The molecule has 0 aliphatic carbocycles. The summed E-state index contributed by atoms with van der Waals surface area (Å²) in [6.07, 6.45) is 8.82. The average Bonchev–Trinajstić information content (AvgIpc) is 2.45. The van der Waals surface area contributed by atoms with Crippen LogP contribution in [-0.2, 0) is 19.2 Å². The molecule has 1 rings (SSSR count). The van der Waals surface area contributed by atoms with Crippen LogP contribution in [-0.4, -0.2) is 4.57 Å². The zero-order valence-electron chi connectivity index (χ0n) is 8.61. The summed E-state index contributed by atoms with van der Waals surface area (Å²) in [6, 6.07) is 0. The molecule has 0 saturated carbocycles. The minimum atomic E-state index is -1.25. The molecule has 0 unspecified atom stereocenters. The molecular weight excluding hydrogens is 500 g/mol. The third-order valence-corrected chi connectivity index (χ3v) is 1.59. The first kappa shape index (κ1) is 16.6. The predicted molar refractivity (Wildman–Crippen MR) is 76.2 cm³/mol. The Hall–Kier alpha value is 1.65. The van der Waals surface area contributed by atoms with Gasteiger partial charge in [-0.3, -0.25) is 0 Å². The number of imidazole rings is 1. The molecule has 1 heterocycles. The van der Waals surface area contributed by atoms with Crippen molar-refractivity contribution in [3.63, 3.8) is 0 Å². The molecule has 0 aliphatic heterocycles. The number of rotatable bonds is 3. The van der Waals surface area contributed by atoms with Crippen molar-refractivity contribution >= 4 is 56.4 Å². The summed E-state index contributed by atoms with van der Waals surface area (Å²) in [5.41, 5.74) is -1.25. The molecule has 0 bridgehead atoms. The molecule has 15 heavy (non-hydrogen) atoms. The van der Waals surface area contributed by atoms with Gasteiger partial charge in [0.2, 0.25) is 6.33 Å². The van der Waals surface area contributed by atoms with Crippen molar-refractivity contribution in [1.82, 2.24) is 4.57 Å². The first-order valence-electron chi connectivity index (χ1n) is 4.37. The first-order valence-corrected chi connectivity index (χ1v) is 15.3. The van der Waals surface area contributed by atoms with Crippen molar-refractivity contribution in [2.24, 2.45) is 7.05 Å². The fourth-order valence-electron chi connectivity index (χ4n) is 0.975. The molecule has 1 aromatic heterocycles. The van der Waals surface area contributed by atoms with Crippen molar-refractivity contribution in [1.29, 1.82) is 0 Å². The summed E-state index contributed by atoms with van der Waals surface area (Å²) < 4.78 is 4.28. The molecule has 0 spiro atoms. The van der Waals surface area contributed by atoms with Gasteiger partial charge in [-0.15, -0.1) is 0 Å². The van der Waals surface area contributed by atoms with Gasteiger partial charge in [0.25, 0.3) is 0 Å². The number of aromatic nitrogens is 2. The van der Waals surface area contributed by atoms with E-state index in [4.69, 9.17) is 0 Å². The Bertz CT molecular complexity index is 266. The molecule has 0 amide bonds. The molecule has 0 fully saturated rings. The number of halogens is 4. The molecular formula is C8H15Br4FeN2+. The van der Waals surface area contributed by atoms with Gasteiger partial charge in [-0.05, 0) is 6.42 Å². The van der Waals surface area contributed by atoms with E-state index in [1.807, 2.05) is 7.05 Å². The molecule has 2 nitrogen and oxygen atoms in total. The van der Waals surface area contributed by atoms with E-state index < -0.39 is 5.61 Å². The Kier molecular flexibility index (Phi) is 9.65. The zero-order chi connectivity index (χ0) is 11.9. The Morgan fingerprint density at radius 1 is 1.27 bits per heavy atom. The SMILES string of the molecule is CCCC[n+]1ccn(C)c1.[Br][Fe]([Br])([Br])[Br]. The van der Waals surface area contributed by atoms with Gasteiger partial charge in [0.1, 0.15) is 12.4 Å². The average molecular weight is 515 g/mol. The zero-order valence-corrected chi connectivity index (χ0v) is 16.1. The second-order valence-corrected chi connectivity index (χ2v) is 36.4. The maximum absolute atomic E-state index is 3.25. The van der Waals surface area contributed by atoms with Gasteiger partial charge in [-0.25, -0.2) is 9.13 Å². The van der Waals surface area contributed by atoms with E-state index in [-0.39, 0.29) is 0 Å². The Morgan fingerprint density at radius 3 is 2.13 bits per heavy atom. The summed E-state index contributed by atoms with van der Waals surface area (Å²) in [5, 5.41) is 0. The monoisotopic (exact) mass is 511 g/mol. The van der Waals surface area contributed by atoms with Gasteiger partial charge in [-0.1, -0.05) is 13.3 Å². The van der Waals surface area contributed by atoms with E-state index in [9.17, 15) is 0 Å². The predicted octanol–water partition coefficient (Wildman–Crippen LogP) is 4.49. The molecule has 1 aromatic rings. The standard InChI is InChI=1S/C8H15N2.4BrH.Fe/c1-3-4-5-10-7-6-9(2)8-10;;;;;/h6-8H,3-5H2,1-2H3;4*1H;/q+1;;;;;+4/p-4. The quantitative estimate of drug-likeness (QED) is 0.415. The van der Waals surface area contributed by atoms with Crippen LogP contribution in [0, 0.1) is 0 Å². The number of nitrogens with zero attached hydrogens (tertiary/aromatic N) is 2. The second kappa shape index (κ2) is 8.70. The van der Waals surface area contributed by atoms with E-state index >= 15 is 0 Å². The van der Waals surface area contributed by atoms with E-state index in [0.29, 0.717) is 0 Å². The van der Waals surface area contributed by atoms with Crippen LogP contribution in [0.25, 0.3) is 0 Å². The van der Waals surface area contributed by atoms with Crippen LogP contribution < -0.4 is 4.57 Å². The van der Waals surface area contributed by atoms with E-state index in [1.165, 1.54) is 12.8 Å². The minimum absolute atomic E-state index is 1.15. The van der Waals surface area contributed by atoms with E-state index in [2.05, 4.69) is 91.2 Å². The molecule has 0 aliphatic rings. The molecule has 0 aromatic carbocycles. The summed E-state index contributed by atoms with van der Waals surface area (Å²) in [5.74, 6) is 0. The van der Waals surface area contributed by atoms with Crippen LogP contribution in [0.15, 0.2) is 18.7 Å². The Morgan fingerprint density at radius 2 is 1.80 bits per heavy atom. The van der Waals surface area contributed by atoms with Crippen LogP contribution in [0.5, 0.6) is 0 Å². The van der Waals surface area contributed by atoms with Gasteiger partial charge >= 0.3 is 62.1 Å². The summed E-state index contributed by atoms with van der Waals surface area (Å²) in [6.45, 7) is 3.36. The van der Waals surface area contributed by atoms with Crippen LogP contribution in [0.3, 0.4) is 0 Å². The molecule has 0 atom stereocenters. The second-order valence-electron chi connectivity index (χ2n) is 2.97. The summed E-state index contributed by atoms with van der Waals surface area (Å²) in [4.78, 5) is 0. The summed E-state index contributed by atoms with van der Waals surface area (Å²) >= 11 is 13.0. The third kappa shape index (κ3) is 13.6. The van der Waals surface area contributed by atoms with Crippen LogP contribution >= 0.6 is 56.4 Å². The van der Waals surface area contributed by atoms with Gasteiger partial charge < -0.3 is 0 Å². The Balaban J connectivity index is 0.000000336. The molecule has 7 heteroatoms. The number of aryl methyl sites for hydroxylation is 2. The van der Waals surface area contributed by atoms with Gasteiger partial charge in [0, 0.05) is 0 Å². The topological polar surface area (TPSA) is 8.81 Å². The third-order valence-electron chi connectivity index (χ3n) is 1.59. The number of hydrogen-bond donors (Lipinski definition) is 0. The van der Waals surface area contributed by atoms with Crippen molar-refractivity contribution in [3.05, 3.63) is 18.7 Å². The van der Waals surface area contributed by atoms with Crippen molar-refractivity contribution in [3.8, 4) is 0 Å². The van der Waals surface area contributed by atoms with E-state index in [1.54, 1.807) is 0 Å². The van der Waals surface area contributed by atoms with Crippen LogP contribution in [0.1, 0.15) is 19.8 Å². The van der Waals surface area contributed by atoms with Gasteiger partial charge in [-0.2, -0.15) is 0 Å². The van der Waals surface area contributed by atoms with Gasteiger partial charge in [0.05, 0.1) is 13.6 Å². The molecule has 0 N–H and O–H groups in total. The molecule has 92 valence electrons.